The highest BCUT2D eigenvalue weighted by atomic mass is 16.4. The van der Waals surface area contributed by atoms with Crippen molar-refractivity contribution in [2.45, 2.75) is 19.6 Å². The van der Waals surface area contributed by atoms with Crippen LogP contribution in [0.5, 0.6) is 0 Å². The smallest absolute Gasteiger partial charge is 0.310 e. The van der Waals surface area contributed by atoms with Gasteiger partial charge in [-0.15, -0.1) is 0 Å². The van der Waals surface area contributed by atoms with E-state index < -0.39 is 17.6 Å². The zero-order valence-electron chi connectivity index (χ0n) is 5.46. The van der Waals surface area contributed by atoms with Gasteiger partial charge in [0.1, 0.15) is 5.72 Å². The van der Waals surface area contributed by atoms with Crippen molar-refractivity contribution >= 4 is 5.97 Å². The first kappa shape index (κ1) is 8.39. The van der Waals surface area contributed by atoms with Gasteiger partial charge in [0, 0.05) is 0 Å². The number of aliphatic carboxylic acids is 1. The second-order valence-corrected chi connectivity index (χ2v) is 2.29. The van der Waals surface area contributed by atoms with Crippen molar-refractivity contribution in [1.29, 1.82) is 0 Å². The van der Waals surface area contributed by atoms with Crippen LogP contribution in [0.3, 0.4) is 0 Å². The normalized spacial score (nSPS) is 20.4. The second kappa shape index (κ2) is 2.33. The van der Waals surface area contributed by atoms with E-state index in [0.29, 0.717) is 0 Å². The first-order chi connectivity index (χ1) is 3.85. The summed E-state index contributed by atoms with van der Waals surface area (Å²) in [4.78, 5) is 10.1. The fraction of sp³-hybridized carbons (Fsp3) is 0.800. The van der Waals surface area contributed by atoms with E-state index in [0.717, 1.165) is 0 Å². The first-order valence-electron chi connectivity index (χ1n) is 2.59. The van der Waals surface area contributed by atoms with Crippen LogP contribution >= 0.6 is 0 Å². The highest BCUT2D eigenvalue weighted by molar-refractivity contribution is 5.70. The summed E-state index contributed by atoms with van der Waals surface area (Å²) >= 11 is 0. The van der Waals surface area contributed by atoms with Gasteiger partial charge in [-0.25, -0.2) is 0 Å². The fourth-order valence-corrected chi connectivity index (χ4v) is 0.250. The van der Waals surface area contributed by atoms with Gasteiger partial charge >= 0.3 is 5.97 Å². The maximum Gasteiger partial charge on any atom is 0.310 e. The first-order valence-corrected chi connectivity index (χ1v) is 2.59. The van der Waals surface area contributed by atoms with Gasteiger partial charge in [0.25, 0.3) is 0 Å². The summed E-state index contributed by atoms with van der Waals surface area (Å²) in [6.07, 6.45) is 0. The minimum absolute atomic E-state index is 0.933. The van der Waals surface area contributed by atoms with Crippen molar-refractivity contribution in [3.8, 4) is 0 Å². The molecule has 0 saturated carbocycles. The van der Waals surface area contributed by atoms with E-state index in [4.69, 9.17) is 15.9 Å². The van der Waals surface area contributed by atoms with Crippen molar-refractivity contribution in [1.82, 2.24) is 0 Å². The predicted octanol–water partition coefficient (Wildman–Crippen LogP) is -0.626. The third-order valence-corrected chi connectivity index (χ3v) is 1.25. The van der Waals surface area contributed by atoms with Gasteiger partial charge in [-0.1, -0.05) is 0 Å². The molecule has 0 aliphatic heterocycles. The Hall–Kier alpha value is -0.610. The molecule has 4 nitrogen and oxygen atoms in total. The van der Waals surface area contributed by atoms with Crippen LogP contribution < -0.4 is 5.73 Å². The summed E-state index contributed by atoms with van der Waals surface area (Å²) in [6.45, 7) is 2.61. The Labute approximate surface area is 53.3 Å². The maximum atomic E-state index is 10.1. The molecule has 0 aliphatic rings. The van der Waals surface area contributed by atoms with Crippen molar-refractivity contribution in [3.05, 3.63) is 0 Å². The van der Waals surface area contributed by atoms with Crippen LogP contribution in [0.15, 0.2) is 0 Å². The van der Waals surface area contributed by atoms with Gasteiger partial charge in [0.15, 0.2) is 0 Å². The molecule has 0 amide bonds. The number of carboxylic acid groups (broad SMARTS) is 1. The van der Waals surface area contributed by atoms with Crippen molar-refractivity contribution in [2.75, 3.05) is 0 Å². The average Bonchev–Trinajstić information content (AvgIpc) is 1.62. The minimum atomic E-state index is -1.62. The van der Waals surface area contributed by atoms with Gasteiger partial charge in [-0.2, -0.15) is 0 Å². The Morgan fingerprint density at radius 3 is 2.11 bits per heavy atom. The lowest BCUT2D eigenvalue weighted by Crippen LogP contribution is -2.46. The summed E-state index contributed by atoms with van der Waals surface area (Å²) in [6, 6.07) is 0. The van der Waals surface area contributed by atoms with Crippen LogP contribution in [-0.2, 0) is 4.79 Å². The van der Waals surface area contributed by atoms with E-state index in [9.17, 15) is 4.79 Å². The van der Waals surface area contributed by atoms with Crippen molar-refractivity contribution in [2.24, 2.45) is 11.7 Å². The zero-order valence-corrected chi connectivity index (χ0v) is 5.46. The molecule has 0 radical (unpaired) electrons. The van der Waals surface area contributed by atoms with Crippen LogP contribution in [0.1, 0.15) is 13.8 Å². The lowest BCUT2D eigenvalue weighted by atomic mass is 10.0. The van der Waals surface area contributed by atoms with Crippen LogP contribution in [0, 0.1) is 5.92 Å². The summed E-state index contributed by atoms with van der Waals surface area (Å²) in [7, 11) is 0. The Balaban J connectivity index is 4.04. The number of hydrogen-bond donors (Lipinski definition) is 3. The number of carboxylic acids is 1. The Morgan fingerprint density at radius 1 is 1.78 bits per heavy atom. The summed E-state index contributed by atoms with van der Waals surface area (Å²) < 4.78 is 0. The van der Waals surface area contributed by atoms with Crippen LogP contribution in [-0.4, -0.2) is 21.9 Å². The Bertz CT molecular complexity index is 116. The van der Waals surface area contributed by atoms with E-state index in [1.807, 2.05) is 0 Å². The largest absolute Gasteiger partial charge is 0.481 e. The molecule has 0 spiro atoms. The SMILES string of the molecule is CC(C(=O)O)C(C)(N)O. The molecule has 0 saturated heterocycles. The molecule has 0 aromatic carbocycles. The van der Waals surface area contributed by atoms with E-state index in [2.05, 4.69) is 0 Å². The third kappa shape index (κ3) is 2.43. The molecule has 0 aromatic heterocycles. The molecule has 2 unspecified atom stereocenters. The number of hydrogen-bond acceptors (Lipinski definition) is 3. The van der Waals surface area contributed by atoms with Crippen molar-refractivity contribution < 1.29 is 15.0 Å². The zero-order chi connectivity index (χ0) is 7.65. The van der Waals surface area contributed by atoms with Gasteiger partial charge in [-0.3, -0.25) is 4.79 Å². The number of nitrogens with two attached hydrogens (primary N) is 1. The van der Waals surface area contributed by atoms with Gasteiger partial charge in [-0.05, 0) is 13.8 Å². The second-order valence-electron chi connectivity index (χ2n) is 2.29. The van der Waals surface area contributed by atoms with Gasteiger partial charge in [0.2, 0.25) is 0 Å². The molecule has 0 aliphatic carbocycles. The fourth-order valence-electron chi connectivity index (χ4n) is 0.250. The Kier molecular flexibility index (Phi) is 2.17. The summed E-state index contributed by atoms with van der Waals surface area (Å²) in [5.74, 6) is -2.03. The van der Waals surface area contributed by atoms with Crippen LogP contribution in [0.2, 0.25) is 0 Å². The van der Waals surface area contributed by atoms with Crippen LogP contribution in [0.25, 0.3) is 0 Å². The van der Waals surface area contributed by atoms with E-state index >= 15 is 0 Å². The molecule has 54 valence electrons. The lowest BCUT2D eigenvalue weighted by Gasteiger charge is -2.21. The molecule has 0 fully saturated rings. The predicted molar refractivity (Wildman–Crippen MR) is 31.6 cm³/mol. The molecule has 2 atom stereocenters. The molecule has 0 heterocycles. The standard InChI is InChI=1S/C5H11NO3/c1-3(4(7)8)5(2,6)9/h3,9H,6H2,1-2H3,(H,7,8). The van der Waals surface area contributed by atoms with Crippen molar-refractivity contribution in [3.63, 3.8) is 0 Å². The van der Waals surface area contributed by atoms with Crippen LogP contribution in [0.4, 0.5) is 0 Å². The van der Waals surface area contributed by atoms with Gasteiger partial charge < -0.3 is 15.9 Å². The maximum absolute atomic E-state index is 10.1. The van der Waals surface area contributed by atoms with E-state index in [1.54, 1.807) is 0 Å². The van der Waals surface area contributed by atoms with Gasteiger partial charge in [0.05, 0.1) is 5.92 Å². The molecule has 0 bridgehead atoms. The topological polar surface area (TPSA) is 83.5 Å². The summed E-state index contributed by atoms with van der Waals surface area (Å²) in [5.41, 5.74) is 3.44. The molecular weight excluding hydrogens is 122 g/mol. The molecule has 0 aromatic rings. The quantitative estimate of drug-likeness (QED) is 0.438. The molecule has 4 heteroatoms. The highest BCUT2D eigenvalue weighted by Crippen LogP contribution is 2.08. The average molecular weight is 133 g/mol. The Morgan fingerprint density at radius 2 is 2.11 bits per heavy atom. The molecule has 0 rings (SSSR count). The molecule has 4 N–H and O–H groups in total. The molecular formula is C5H11NO3. The van der Waals surface area contributed by atoms with E-state index in [-0.39, 0.29) is 0 Å². The summed E-state index contributed by atoms with van der Waals surface area (Å²) in [5, 5.41) is 17.1. The minimum Gasteiger partial charge on any atom is -0.481 e. The number of carbonyl (C=O) groups is 1. The highest BCUT2D eigenvalue weighted by Gasteiger charge is 2.28. The molecule has 9 heavy (non-hydrogen) atoms. The lowest BCUT2D eigenvalue weighted by molar-refractivity contribution is -0.149. The monoisotopic (exact) mass is 133 g/mol. The third-order valence-electron chi connectivity index (χ3n) is 1.25. The van der Waals surface area contributed by atoms with E-state index in [1.165, 1.54) is 13.8 Å². The number of rotatable bonds is 2. The number of aliphatic hydroxyl groups is 1.